The van der Waals surface area contributed by atoms with Crippen LogP contribution < -0.4 is 0 Å². The van der Waals surface area contributed by atoms with Gasteiger partial charge in [0.05, 0.1) is 0 Å². The van der Waals surface area contributed by atoms with Gasteiger partial charge in [0.15, 0.2) is 0 Å². The van der Waals surface area contributed by atoms with E-state index in [0.717, 1.165) is 31.4 Å². The Morgan fingerprint density at radius 1 is 1.42 bits per heavy atom. The maximum Gasteiger partial charge on any atom is 0.303 e. The molecule has 0 rings (SSSR count). The molecule has 1 atom stereocenters. The maximum absolute atomic E-state index is 10.1. The zero-order valence-electron chi connectivity index (χ0n) is 7.00. The molecule has 0 heterocycles. The summed E-state index contributed by atoms with van der Waals surface area (Å²) in [4.78, 5) is 10.1. The fraction of sp³-hybridized carbons (Fsp3) is 0.875. The lowest BCUT2D eigenvalue weighted by Crippen LogP contribution is -2.00. The standard InChI is InChI=1S/C8H15ClO2S/c9-7(5-6-12)3-1-2-4-8(10)11/h7,12H,1-6H2,(H,10,11). The van der Waals surface area contributed by atoms with Crippen LogP contribution in [-0.2, 0) is 4.79 Å². The van der Waals surface area contributed by atoms with E-state index in [4.69, 9.17) is 16.7 Å². The second-order valence-electron chi connectivity index (χ2n) is 2.75. The first kappa shape index (κ1) is 12.1. The van der Waals surface area contributed by atoms with Crippen LogP contribution in [0.2, 0.25) is 0 Å². The van der Waals surface area contributed by atoms with E-state index in [-0.39, 0.29) is 11.8 Å². The number of carboxylic acids is 1. The first-order valence-electron chi connectivity index (χ1n) is 4.13. The predicted molar refractivity (Wildman–Crippen MR) is 54.2 cm³/mol. The third-order valence-corrected chi connectivity index (χ3v) is 2.29. The highest BCUT2D eigenvalue weighted by Gasteiger charge is 2.03. The minimum atomic E-state index is -0.727. The summed E-state index contributed by atoms with van der Waals surface area (Å²) < 4.78 is 0. The summed E-state index contributed by atoms with van der Waals surface area (Å²) in [6.07, 6.45) is 3.68. The Morgan fingerprint density at radius 3 is 2.58 bits per heavy atom. The lowest BCUT2D eigenvalue weighted by molar-refractivity contribution is -0.137. The SMILES string of the molecule is O=C(O)CCCCC(Cl)CCS. The van der Waals surface area contributed by atoms with Gasteiger partial charge >= 0.3 is 5.97 Å². The molecule has 0 saturated carbocycles. The van der Waals surface area contributed by atoms with Crippen molar-refractivity contribution in [2.45, 2.75) is 37.5 Å². The van der Waals surface area contributed by atoms with Crippen molar-refractivity contribution < 1.29 is 9.90 Å². The summed E-state index contributed by atoms with van der Waals surface area (Å²) in [5.41, 5.74) is 0. The third-order valence-electron chi connectivity index (χ3n) is 1.60. The quantitative estimate of drug-likeness (QED) is 0.385. The highest BCUT2D eigenvalue weighted by Crippen LogP contribution is 2.12. The molecule has 0 spiro atoms. The molecule has 0 aliphatic heterocycles. The highest BCUT2D eigenvalue weighted by atomic mass is 35.5. The van der Waals surface area contributed by atoms with Crippen LogP contribution in [0, 0.1) is 0 Å². The predicted octanol–water partition coefficient (Wildman–Crippen LogP) is 2.56. The van der Waals surface area contributed by atoms with Crippen LogP contribution in [0.1, 0.15) is 32.1 Å². The second-order valence-corrected chi connectivity index (χ2v) is 3.81. The number of carbonyl (C=O) groups is 1. The minimum absolute atomic E-state index is 0.163. The summed E-state index contributed by atoms with van der Waals surface area (Å²) in [5.74, 6) is 0.0721. The van der Waals surface area contributed by atoms with Gasteiger partial charge in [0.2, 0.25) is 0 Å². The number of hydrogen-bond acceptors (Lipinski definition) is 2. The molecule has 0 aromatic carbocycles. The fourth-order valence-corrected chi connectivity index (χ4v) is 1.65. The van der Waals surface area contributed by atoms with Gasteiger partial charge < -0.3 is 5.11 Å². The van der Waals surface area contributed by atoms with E-state index >= 15 is 0 Å². The highest BCUT2D eigenvalue weighted by molar-refractivity contribution is 7.80. The molecule has 1 unspecified atom stereocenters. The van der Waals surface area contributed by atoms with E-state index in [1.807, 2.05) is 0 Å². The van der Waals surface area contributed by atoms with E-state index in [0.29, 0.717) is 0 Å². The summed E-state index contributed by atoms with van der Waals surface area (Å²) in [7, 11) is 0. The number of halogens is 1. The lowest BCUT2D eigenvalue weighted by Gasteiger charge is -2.05. The number of rotatable bonds is 7. The van der Waals surface area contributed by atoms with Gasteiger partial charge in [-0.1, -0.05) is 6.42 Å². The van der Waals surface area contributed by atoms with Crippen molar-refractivity contribution >= 4 is 30.2 Å². The average Bonchev–Trinajstić information content (AvgIpc) is 1.98. The van der Waals surface area contributed by atoms with Gasteiger partial charge in [-0.25, -0.2) is 0 Å². The smallest absolute Gasteiger partial charge is 0.303 e. The number of alkyl halides is 1. The molecular weight excluding hydrogens is 196 g/mol. The van der Waals surface area contributed by atoms with Gasteiger partial charge in [-0.2, -0.15) is 12.6 Å². The minimum Gasteiger partial charge on any atom is -0.481 e. The van der Waals surface area contributed by atoms with Crippen molar-refractivity contribution in [1.29, 1.82) is 0 Å². The summed E-state index contributed by atoms with van der Waals surface area (Å²) in [6.45, 7) is 0. The van der Waals surface area contributed by atoms with E-state index in [1.54, 1.807) is 0 Å². The van der Waals surface area contributed by atoms with Crippen molar-refractivity contribution in [3.8, 4) is 0 Å². The number of thiol groups is 1. The molecule has 0 saturated heterocycles. The van der Waals surface area contributed by atoms with E-state index in [2.05, 4.69) is 12.6 Å². The first-order valence-corrected chi connectivity index (χ1v) is 5.20. The normalized spacial score (nSPS) is 12.8. The van der Waals surface area contributed by atoms with Gasteiger partial charge in [-0.05, 0) is 25.0 Å². The first-order chi connectivity index (χ1) is 5.66. The molecule has 0 aromatic rings. The van der Waals surface area contributed by atoms with Crippen LogP contribution in [0.4, 0.5) is 0 Å². The van der Waals surface area contributed by atoms with Gasteiger partial charge in [-0.3, -0.25) is 4.79 Å². The fourth-order valence-electron chi connectivity index (χ4n) is 0.926. The van der Waals surface area contributed by atoms with Crippen molar-refractivity contribution in [3.63, 3.8) is 0 Å². The molecule has 2 nitrogen and oxygen atoms in total. The maximum atomic E-state index is 10.1. The average molecular weight is 211 g/mol. The molecule has 4 heteroatoms. The van der Waals surface area contributed by atoms with Crippen LogP contribution in [0.15, 0.2) is 0 Å². The monoisotopic (exact) mass is 210 g/mol. The Morgan fingerprint density at radius 2 is 2.08 bits per heavy atom. The zero-order chi connectivity index (χ0) is 9.40. The van der Waals surface area contributed by atoms with Gasteiger partial charge in [-0.15, -0.1) is 11.6 Å². The molecule has 0 radical (unpaired) electrons. The van der Waals surface area contributed by atoms with Crippen molar-refractivity contribution in [2.75, 3.05) is 5.75 Å². The Labute approximate surface area is 83.7 Å². The van der Waals surface area contributed by atoms with Crippen LogP contribution in [0.3, 0.4) is 0 Å². The van der Waals surface area contributed by atoms with E-state index < -0.39 is 5.97 Å². The molecule has 0 fully saturated rings. The molecule has 72 valence electrons. The van der Waals surface area contributed by atoms with Gasteiger partial charge in [0.1, 0.15) is 0 Å². The summed E-state index contributed by atoms with van der Waals surface area (Å²) >= 11 is 9.96. The lowest BCUT2D eigenvalue weighted by atomic mass is 10.1. The number of carboxylic acid groups (broad SMARTS) is 1. The Kier molecular flexibility index (Phi) is 7.81. The number of aliphatic carboxylic acids is 1. The number of hydrogen-bond donors (Lipinski definition) is 2. The Bertz CT molecular complexity index is 130. The van der Waals surface area contributed by atoms with Crippen LogP contribution in [-0.4, -0.2) is 22.2 Å². The van der Waals surface area contributed by atoms with Crippen LogP contribution in [0.5, 0.6) is 0 Å². The topological polar surface area (TPSA) is 37.3 Å². The second kappa shape index (κ2) is 7.74. The van der Waals surface area contributed by atoms with Gasteiger partial charge in [0, 0.05) is 11.8 Å². The van der Waals surface area contributed by atoms with Crippen molar-refractivity contribution in [2.24, 2.45) is 0 Å². The molecule has 0 amide bonds. The molecule has 0 aliphatic rings. The van der Waals surface area contributed by atoms with E-state index in [9.17, 15) is 4.79 Å². The molecule has 0 aliphatic carbocycles. The van der Waals surface area contributed by atoms with Crippen LogP contribution >= 0.6 is 24.2 Å². The zero-order valence-corrected chi connectivity index (χ0v) is 8.65. The summed E-state index contributed by atoms with van der Waals surface area (Å²) in [6, 6.07) is 0. The summed E-state index contributed by atoms with van der Waals surface area (Å²) in [5, 5.41) is 8.50. The largest absolute Gasteiger partial charge is 0.481 e. The van der Waals surface area contributed by atoms with E-state index in [1.165, 1.54) is 0 Å². The molecule has 1 N–H and O–H groups in total. The number of unbranched alkanes of at least 4 members (excludes halogenated alkanes) is 1. The molecule has 0 bridgehead atoms. The third kappa shape index (κ3) is 8.21. The molecular formula is C8H15ClO2S. The van der Waals surface area contributed by atoms with Crippen molar-refractivity contribution in [1.82, 2.24) is 0 Å². The Balaban J connectivity index is 3.13. The van der Waals surface area contributed by atoms with Gasteiger partial charge in [0.25, 0.3) is 0 Å². The van der Waals surface area contributed by atoms with Crippen LogP contribution in [0.25, 0.3) is 0 Å². The van der Waals surface area contributed by atoms with Crippen molar-refractivity contribution in [3.05, 3.63) is 0 Å². The molecule has 0 aromatic heterocycles. The molecule has 12 heavy (non-hydrogen) atoms. The Hall–Kier alpha value is 0.110.